The number of hydrogen-bond acceptors (Lipinski definition) is 6. The predicted molar refractivity (Wildman–Crippen MR) is 85.6 cm³/mol. The lowest BCUT2D eigenvalue weighted by Crippen LogP contribution is -2.01. The van der Waals surface area contributed by atoms with Gasteiger partial charge in [0.15, 0.2) is 5.82 Å². The van der Waals surface area contributed by atoms with E-state index in [1.807, 2.05) is 24.6 Å². The first-order valence-corrected chi connectivity index (χ1v) is 6.85. The Kier molecular flexibility index (Phi) is 4.71. The van der Waals surface area contributed by atoms with E-state index in [1.165, 1.54) is 12.4 Å². The molecule has 0 amide bonds. The topological polar surface area (TPSA) is 119 Å². The summed E-state index contributed by atoms with van der Waals surface area (Å²) in [5.41, 5.74) is 12.0. The standard InChI is InChI=1S/C10H11FN2.C5H5N5/c1-3-9-12-10-7(11)5-4-6-8(10)13(9)2;6-1-3-4(7)9-2-10-5(3)8/h4-6H,3H2,1-2H3;2H,(H4,7,8,9,10). The van der Waals surface area contributed by atoms with Gasteiger partial charge in [0, 0.05) is 13.5 Å². The zero-order valence-corrected chi connectivity index (χ0v) is 12.8. The molecule has 7 nitrogen and oxygen atoms in total. The molecule has 0 spiro atoms. The molecule has 23 heavy (non-hydrogen) atoms. The zero-order valence-electron chi connectivity index (χ0n) is 12.8. The molecule has 2 heterocycles. The van der Waals surface area contributed by atoms with E-state index in [9.17, 15) is 4.39 Å². The summed E-state index contributed by atoms with van der Waals surface area (Å²) in [5, 5.41) is 8.41. The lowest BCUT2D eigenvalue weighted by Gasteiger charge is -1.97. The van der Waals surface area contributed by atoms with Gasteiger partial charge in [0.1, 0.15) is 40.9 Å². The maximum Gasteiger partial charge on any atom is 0.151 e. The van der Waals surface area contributed by atoms with Crippen molar-refractivity contribution in [2.24, 2.45) is 7.05 Å². The van der Waals surface area contributed by atoms with E-state index in [0.717, 1.165) is 17.8 Å². The van der Waals surface area contributed by atoms with Gasteiger partial charge in [-0.25, -0.2) is 19.3 Å². The summed E-state index contributed by atoms with van der Waals surface area (Å²) in [6, 6.07) is 6.81. The van der Waals surface area contributed by atoms with E-state index in [-0.39, 0.29) is 23.0 Å². The Bertz CT molecular complexity index is 859. The second-order valence-corrected chi connectivity index (χ2v) is 4.68. The van der Waals surface area contributed by atoms with Crippen molar-refractivity contribution in [3.05, 3.63) is 41.7 Å². The van der Waals surface area contributed by atoms with Gasteiger partial charge in [-0.05, 0) is 12.1 Å². The molecule has 0 radical (unpaired) electrons. The molecule has 1 aromatic carbocycles. The molecular weight excluding hydrogens is 297 g/mol. The number of fused-ring (bicyclic) bond motifs is 1. The second-order valence-electron chi connectivity index (χ2n) is 4.68. The normalized spacial score (nSPS) is 10.0. The second kappa shape index (κ2) is 6.70. The molecule has 0 bridgehead atoms. The van der Waals surface area contributed by atoms with Crippen molar-refractivity contribution in [3.8, 4) is 6.07 Å². The van der Waals surface area contributed by atoms with Crippen molar-refractivity contribution >= 4 is 22.7 Å². The van der Waals surface area contributed by atoms with Crippen molar-refractivity contribution in [1.29, 1.82) is 5.26 Å². The van der Waals surface area contributed by atoms with Crippen LogP contribution in [0.1, 0.15) is 18.3 Å². The van der Waals surface area contributed by atoms with Crippen LogP contribution < -0.4 is 11.5 Å². The molecule has 8 heteroatoms. The van der Waals surface area contributed by atoms with E-state index >= 15 is 0 Å². The van der Waals surface area contributed by atoms with Gasteiger partial charge in [-0.2, -0.15) is 5.26 Å². The number of nitrogens with two attached hydrogens (primary N) is 2. The predicted octanol–water partition coefficient (Wildman–Crippen LogP) is 1.79. The SMILES string of the molecule is CCc1nc2c(F)cccc2n1C.N#Cc1c(N)ncnc1N. The third kappa shape index (κ3) is 3.18. The number of para-hydroxylation sites is 1. The fourth-order valence-electron chi connectivity index (χ4n) is 2.07. The van der Waals surface area contributed by atoms with Crippen LogP contribution in [0.25, 0.3) is 11.0 Å². The number of aromatic nitrogens is 4. The minimum Gasteiger partial charge on any atom is -0.382 e. The lowest BCUT2D eigenvalue weighted by atomic mass is 10.3. The molecule has 0 saturated heterocycles. The number of hydrogen-bond donors (Lipinski definition) is 2. The maximum absolute atomic E-state index is 13.2. The third-order valence-corrected chi connectivity index (χ3v) is 3.29. The first kappa shape index (κ1) is 16.2. The first-order valence-electron chi connectivity index (χ1n) is 6.85. The highest BCUT2D eigenvalue weighted by Gasteiger charge is 2.08. The van der Waals surface area contributed by atoms with Crippen LogP contribution in [0.3, 0.4) is 0 Å². The van der Waals surface area contributed by atoms with Crippen LogP contribution in [0.5, 0.6) is 0 Å². The highest BCUT2D eigenvalue weighted by molar-refractivity contribution is 5.76. The van der Waals surface area contributed by atoms with E-state index in [1.54, 1.807) is 12.1 Å². The van der Waals surface area contributed by atoms with Gasteiger partial charge in [-0.1, -0.05) is 13.0 Å². The summed E-state index contributed by atoms with van der Waals surface area (Å²) in [6.45, 7) is 2.01. The summed E-state index contributed by atoms with van der Waals surface area (Å²) < 4.78 is 15.2. The van der Waals surface area contributed by atoms with Crippen molar-refractivity contribution in [1.82, 2.24) is 19.5 Å². The van der Waals surface area contributed by atoms with Gasteiger partial charge in [0.2, 0.25) is 0 Å². The fraction of sp³-hybridized carbons (Fsp3) is 0.200. The highest BCUT2D eigenvalue weighted by atomic mass is 19.1. The van der Waals surface area contributed by atoms with Crippen molar-refractivity contribution in [2.75, 3.05) is 11.5 Å². The molecular formula is C15H16FN7. The number of halogens is 1. The van der Waals surface area contributed by atoms with E-state index in [0.29, 0.717) is 5.52 Å². The summed E-state index contributed by atoms with van der Waals surface area (Å²) in [6.07, 6.45) is 2.04. The smallest absolute Gasteiger partial charge is 0.151 e. The highest BCUT2D eigenvalue weighted by Crippen LogP contribution is 2.17. The molecule has 0 aliphatic carbocycles. The number of anilines is 2. The van der Waals surface area contributed by atoms with Gasteiger partial charge >= 0.3 is 0 Å². The van der Waals surface area contributed by atoms with Gasteiger partial charge in [-0.15, -0.1) is 0 Å². The van der Waals surface area contributed by atoms with Crippen LogP contribution in [0.2, 0.25) is 0 Å². The minimum absolute atomic E-state index is 0.120. The van der Waals surface area contributed by atoms with Crippen molar-refractivity contribution in [2.45, 2.75) is 13.3 Å². The number of imidazole rings is 1. The molecule has 0 fully saturated rings. The Morgan fingerprint density at radius 1 is 1.26 bits per heavy atom. The Morgan fingerprint density at radius 2 is 1.91 bits per heavy atom. The van der Waals surface area contributed by atoms with Gasteiger partial charge < -0.3 is 16.0 Å². The lowest BCUT2D eigenvalue weighted by molar-refractivity contribution is 0.637. The van der Waals surface area contributed by atoms with E-state index < -0.39 is 0 Å². The molecule has 3 rings (SSSR count). The summed E-state index contributed by atoms with van der Waals surface area (Å²) in [4.78, 5) is 11.4. The Morgan fingerprint density at radius 3 is 2.39 bits per heavy atom. The molecule has 0 saturated carbocycles. The van der Waals surface area contributed by atoms with Crippen LogP contribution >= 0.6 is 0 Å². The zero-order chi connectivity index (χ0) is 17.0. The van der Waals surface area contributed by atoms with Crippen LogP contribution in [0, 0.1) is 17.1 Å². The minimum atomic E-state index is -0.243. The average molecular weight is 313 g/mol. The van der Waals surface area contributed by atoms with Crippen LogP contribution in [0.15, 0.2) is 24.5 Å². The van der Waals surface area contributed by atoms with Gasteiger partial charge in [0.25, 0.3) is 0 Å². The van der Waals surface area contributed by atoms with E-state index in [4.69, 9.17) is 16.7 Å². The van der Waals surface area contributed by atoms with E-state index in [2.05, 4.69) is 15.0 Å². The van der Waals surface area contributed by atoms with Crippen LogP contribution in [0.4, 0.5) is 16.0 Å². The van der Waals surface area contributed by atoms with Gasteiger partial charge in [-0.3, -0.25) is 0 Å². The number of nitrogens with zero attached hydrogens (tertiary/aromatic N) is 5. The Balaban J connectivity index is 0.000000174. The number of aryl methyl sites for hydroxylation is 2. The molecule has 3 aromatic rings. The number of benzene rings is 1. The van der Waals surface area contributed by atoms with Crippen LogP contribution in [-0.2, 0) is 13.5 Å². The van der Waals surface area contributed by atoms with Crippen molar-refractivity contribution in [3.63, 3.8) is 0 Å². The Labute approximate surface area is 132 Å². The summed E-state index contributed by atoms with van der Waals surface area (Å²) in [5.74, 6) is 0.915. The van der Waals surface area contributed by atoms with Crippen LogP contribution in [-0.4, -0.2) is 19.5 Å². The molecule has 0 atom stereocenters. The number of rotatable bonds is 1. The summed E-state index contributed by atoms with van der Waals surface area (Å²) in [7, 11) is 1.91. The molecule has 2 aromatic heterocycles. The van der Waals surface area contributed by atoms with Crippen molar-refractivity contribution < 1.29 is 4.39 Å². The van der Waals surface area contributed by atoms with Gasteiger partial charge in [0.05, 0.1) is 5.52 Å². The number of nitrogen functional groups attached to an aromatic ring is 2. The Hall–Kier alpha value is -3.21. The molecule has 0 unspecified atom stereocenters. The fourth-order valence-corrected chi connectivity index (χ4v) is 2.07. The maximum atomic E-state index is 13.2. The quantitative estimate of drug-likeness (QED) is 0.706. The molecule has 0 aliphatic heterocycles. The number of nitriles is 1. The summed E-state index contributed by atoms with van der Waals surface area (Å²) >= 11 is 0. The molecule has 0 aliphatic rings. The first-order chi connectivity index (χ1) is 11.0. The monoisotopic (exact) mass is 313 g/mol. The third-order valence-electron chi connectivity index (χ3n) is 3.29. The molecule has 118 valence electrons. The average Bonchev–Trinajstić information content (AvgIpc) is 2.86. The molecule has 4 N–H and O–H groups in total. The largest absolute Gasteiger partial charge is 0.382 e.